The smallest absolute Gasteiger partial charge is 0.417 e. The zero-order valence-corrected chi connectivity index (χ0v) is 23.1. The number of imide groups is 1. The quantitative estimate of drug-likeness (QED) is 0.196. The molecule has 3 rings (SSSR count). The number of aliphatic hydroxyl groups is 1. The number of aliphatic hydroxyl groups excluding tert-OH is 1. The molecule has 0 radical (unpaired) electrons. The van der Waals surface area contributed by atoms with Crippen molar-refractivity contribution in [2.75, 3.05) is 19.8 Å². The molecule has 4 atom stereocenters. The molecule has 10 nitrogen and oxygen atoms in total. The average Bonchev–Trinajstić information content (AvgIpc) is 3.27. The third-order valence-corrected chi connectivity index (χ3v) is 6.57. The monoisotopic (exact) mass is 565 g/mol. The van der Waals surface area contributed by atoms with E-state index in [1.54, 1.807) is 61.5 Å². The lowest BCUT2D eigenvalue weighted by atomic mass is 9.89. The first-order valence-corrected chi connectivity index (χ1v) is 13.5. The van der Waals surface area contributed by atoms with Gasteiger partial charge in [0.15, 0.2) is 17.7 Å². The van der Waals surface area contributed by atoms with Gasteiger partial charge in [0.25, 0.3) is 0 Å². The molecule has 2 amide bonds. The van der Waals surface area contributed by atoms with Crippen molar-refractivity contribution in [3.8, 4) is 0 Å². The van der Waals surface area contributed by atoms with Gasteiger partial charge in [-0.2, -0.15) is 0 Å². The van der Waals surface area contributed by atoms with E-state index >= 15 is 0 Å². The molecule has 0 spiro atoms. The number of ether oxygens (including phenoxy) is 3. The molecule has 1 fully saturated rings. The van der Waals surface area contributed by atoms with Gasteiger partial charge in [-0.1, -0.05) is 60.7 Å². The van der Waals surface area contributed by atoms with Gasteiger partial charge in [0.1, 0.15) is 6.10 Å². The summed E-state index contributed by atoms with van der Waals surface area (Å²) in [5.41, 5.74) is 1.39. The normalized spacial score (nSPS) is 18.1. The Labute approximate surface area is 238 Å². The van der Waals surface area contributed by atoms with Gasteiger partial charge in [-0.25, -0.2) is 9.69 Å². The van der Waals surface area contributed by atoms with Crippen LogP contribution in [0, 0.1) is 5.92 Å². The summed E-state index contributed by atoms with van der Waals surface area (Å²) in [6.45, 7) is 3.10. The molecule has 0 bridgehead atoms. The maximum absolute atomic E-state index is 14.0. The van der Waals surface area contributed by atoms with E-state index in [0.717, 1.165) is 24.0 Å². The Morgan fingerprint density at radius 2 is 1.66 bits per heavy atom. The molecule has 1 saturated heterocycles. The Kier molecular flexibility index (Phi) is 11.9. The number of hydrogen-bond acceptors (Lipinski definition) is 9. The number of carbonyl (C=O) groups is 5. The standard InChI is InChI=1S/C31H35NO9/c1-21-28(24-12-7-4-8-13-24)41-31(38)32(21)30(37)26(20-23-10-5-3-6-11-23)29(40-22(2)34)27(36)16-15-25(35)14-9-18-39-19-17-33/h3-8,10-13,15-16,21,26,28-29,33H,9,14,17-20H2,1-2H3/t21-,26+,28-,29-/m1/s1. The van der Waals surface area contributed by atoms with E-state index in [1.807, 2.05) is 6.07 Å². The summed E-state index contributed by atoms with van der Waals surface area (Å²) in [5, 5.41) is 8.75. The molecule has 218 valence electrons. The molecule has 2 aromatic carbocycles. The highest BCUT2D eigenvalue weighted by molar-refractivity contribution is 6.04. The second-order valence-electron chi connectivity index (χ2n) is 9.63. The van der Waals surface area contributed by atoms with Crippen LogP contribution >= 0.6 is 0 Å². The fourth-order valence-corrected chi connectivity index (χ4v) is 4.60. The van der Waals surface area contributed by atoms with Crippen molar-refractivity contribution in [3.63, 3.8) is 0 Å². The number of carbonyl (C=O) groups excluding carboxylic acids is 5. The number of amides is 2. The SMILES string of the molecule is CC(=O)O[C@@H](C(=O)C=CC(=O)CCCOCCO)[C@H](Cc1ccccc1)C(=O)N1C(=O)O[C@@H](c2ccccc2)[C@H]1C. The number of rotatable bonds is 15. The Morgan fingerprint density at radius 1 is 1.00 bits per heavy atom. The van der Waals surface area contributed by atoms with E-state index in [4.69, 9.17) is 19.3 Å². The molecule has 10 heteroatoms. The lowest BCUT2D eigenvalue weighted by Gasteiger charge is -2.28. The zero-order valence-electron chi connectivity index (χ0n) is 23.1. The summed E-state index contributed by atoms with van der Waals surface area (Å²) in [4.78, 5) is 65.7. The molecule has 2 aromatic rings. The van der Waals surface area contributed by atoms with Crippen molar-refractivity contribution in [1.82, 2.24) is 4.90 Å². The van der Waals surface area contributed by atoms with Crippen LogP contribution in [0.4, 0.5) is 4.79 Å². The summed E-state index contributed by atoms with van der Waals surface area (Å²) in [6, 6.07) is 17.1. The maximum Gasteiger partial charge on any atom is 0.417 e. The van der Waals surface area contributed by atoms with Crippen LogP contribution in [0.2, 0.25) is 0 Å². The van der Waals surface area contributed by atoms with Crippen molar-refractivity contribution in [3.05, 3.63) is 83.9 Å². The number of cyclic esters (lactones) is 1. The highest BCUT2D eigenvalue weighted by atomic mass is 16.6. The molecular weight excluding hydrogens is 530 g/mol. The lowest BCUT2D eigenvalue weighted by Crippen LogP contribution is -2.48. The second-order valence-corrected chi connectivity index (χ2v) is 9.63. The number of hydrogen-bond donors (Lipinski definition) is 1. The molecule has 0 saturated carbocycles. The summed E-state index contributed by atoms with van der Waals surface area (Å²) >= 11 is 0. The number of esters is 1. The van der Waals surface area contributed by atoms with E-state index < -0.39 is 47.9 Å². The van der Waals surface area contributed by atoms with E-state index in [1.165, 1.54) is 0 Å². The van der Waals surface area contributed by atoms with Crippen LogP contribution < -0.4 is 0 Å². The third-order valence-electron chi connectivity index (χ3n) is 6.57. The Balaban J connectivity index is 1.86. The first-order valence-electron chi connectivity index (χ1n) is 13.5. The molecule has 41 heavy (non-hydrogen) atoms. The Hall–Kier alpha value is -4.15. The fraction of sp³-hybridized carbons (Fsp3) is 0.387. The van der Waals surface area contributed by atoms with Crippen LogP contribution in [-0.2, 0) is 39.8 Å². The minimum absolute atomic E-state index is 0.0140. The molecule has 1 N–H and O–H groups in total. The molecule has 1 aliphatic rings. The lowest BCUT2D eigenvalue weighted by molar-refractivity contribution is -0.158. The zero-order chi connectivity index (χ0) is 29.8. The predicted octanol–water partition coefficient (Wildman–Crippen LogP) is 3.37. The van der Waals surface area contributed by atoms with Crippen LogP contribution in [0.25, 0.3) is 0 Å². The molecule has 1 aliphatic heterocycles. The van der Waals surface area contributed by atoms with E-state index in [-0.39, 0.29) is 38.4 Å². The first-order chi connectivity index (χ1) is 19.7. The summed E-state index contributed by atoms with van der Waals surface area (Å²) in [7, 11) is 0. The number of ketones is 2. The van der Waals surface area contributed by atoms with E-state index in [0.29, 0.717) is 17.5 Å². The van der Waals surface area contributed by atoms with Crippen molar-refractivity contribution in [1.29, 1.82) is 0 Å². The van der Waals surface area contributed by atoms with Gasteiger partial charge in [0.2, 0.25) is 5.91 Å². The van der Waals surface area contributed by atoms with Crippen molar-refractivity contribution >= 4 is 29.5 Å². The van der Waals surface area contributed by atoms with E-state index in [9.17, 15) is 24.0 Å². The van der Waals surface area contributed by atoms with Crippen molar-refractivity contribution in [2.45, 2.75) is 51.4 Å². The van der Waals surface area contributed by atoms with Crippen LogP contribution in [0.5, 0.6) is 0 Å². The largest absolute Gasteiger partial charge is 0.453 e. The van der Waals surface area contributed by atoms with Crippen LogP contribution in [0.1, 0.15) is 43.9 Å². The van der Waals surface area contributed by atoms with Gasteiger partial charge in [0.05, 0.1) is 25.2 Å². The highest BCUT2D eigenvalue weighted by Gasteiger charge is 2.48. The second kappa shape index (κ2) is 15.6. The molecule has 0 unspecified atom stereocenters. The molecule has 0 aliphatic carbocycles. The molecule has 0 aromatic heterocycles. The van der Waals surface area contributed by atoms with Gasteiger partial charge in [0, 0.05) is 20.0 Å². The van der Waals surface area contributed by atoms with Crippen molar-refractivity contribution < 1.29 is 43.3 Å². The van der Waals surface area contributed by atoms with Gasteiger partial charge < -0.3 is 19.3 Å². The molecule has 1 heterocycles. The summed E-state index contributed by atoms with van der Waals surface area (Å²) in [6.07, 6.45) is -0.631. The number of nitrogens with zero attached hydrogens (tertiary/aromatic N) is 1. The summed E-state index contributed by atoms with van der Waals surface area (Å²) in [5.74, 6) is -3.93. The Morgan fingerprint density at radius 3 is 2.29 bits per heavy atom. The number of allylic oxidation sites excluding steroid dienone is 1. The van der Waals surface area contributed by atoms with Gasteiger partial charge in [-0.05, 0) is 43.0 Å². The Bertz CT molecular complexity index is 1230. The van der Waals surface area contributed by atoms with E-state index in [2.05, 4.69) is 0 Å². The fourth-order valence-electron chi connectivity index (χ4n) is 4.60. The minimum atomic E-state index is -1.59. The van der Waals surface area contributed by atoms with Crippen LogP contribution in [0.3, 0.4) is 0 Å². The minimum Gasteiger partial charge on any atom is -0.453 e. The first kappa shape index (κ1) is 31.4. The van der Waals surface area contributed by atoms with Crippen LogP contribution in [-0.4, -0.2) is 71.5 Å². The van der Waals surface area contributed by atoms with Gasteiger partial charge in [-0.3, -0.25) is 19.2 Å². The maximum atomic E-state index is 14.0. The van der Waals surface area contributed by atoms with Gasteiger partial charge >= 0.3 is 12.1 Å². The van der Waals surface area contributed by atoms with Gasteiger partial charge in [-0.15, -0.1) is 0 Å². The number of benzene rings is 2. The van der Waals surface area contributed by atoms with Crippen molar-refractivity contribution in [2.24, 2.45) is 5.92 Å². The average molecular weight is 566 g/mol. The predicted molar refractivity (Wildman–Crippen MR) is 147 cm³/mol. The summed E-state index contributed by atoms with van der Waals surface area (Å²) < 4.78 is 16.0. The topological polar surface area (TPSA) is 137 Å². The molecular formula is C31H35NO9. The van der Waals surface area contributed by atoms with Crippen LogP contribution in [0.15, 0.2) is 72.8 Å². The highest BCUT2D eigenvalue weighted by Crippen LogP contribution is 2.34. The third kappa shape index (κ3) is 8.92.